The number of nitrogens with zero attached hydrogens (tertiary/aromatic N) is 3. The van der Waals surface area contributed by atoms with Gasteiger partial charge in [-0.2, -0.15) is 0 Å². The summed E-state index contributed by atoms with van der Waals surface area (Å²) in [4.78, 5) is 19.1. The van der Waals surface area contributed by atoms with Gasteiger partial charge in [0, 0.05) is 22.9 Å². The number of aromatic nitrogens is 1. The molecule has 0 fully saturated rings. The Morgan fingerprint density at radius 2 is 1.79 bits per heavy atom. The Labute approximate surface area is 191 Å². The van der Waals surface area contributed by atoms with E-state index < -0.39 is 16.4 Å². The average Bonchev–Trinajstić information content (AvgIpc) is 3.21. The maximum absolute atomic E-state index is 11.1. The Bertz CT molecular complexity index is 1590. The van der Waals surface area contributed by atoms with Crippen molar-refractivity contribution in [3.05, 3.63) is 87.4 Å². The first-order valence-corrected chi connectivity index (χ1v) is 10.1. The number of benzene rings is 4. The van der Waals surface area contributed by atoms with Gasteiger partial charge in [-0.1, -0.05) is 35.9 Å². The Hall–Kier alpha value is -4.43. The molecule has 0 atom stereocenters. The number of oxazole rings is 1. The predicted octanol–water partition coefficient (Wildman–Crippen LogP) is 6.37. The monoisotopic (exact) mass is 459 g/mol. The minimum atomic E-state index is -0.719. The van der Waals surface area contributed by atoms with E-state index in [1.54, 1.807) is 24.3 Å². The Balaban J connectivity index is 1.51. The fraction of sp³-hybridized carbons (Fsp3) is 0. The number of nitro groups is 1. The van der Waals surface area contributed by atoms with Gasteiger partial charge in [0.05, 0.1) is 16.2 Å². The molecule has 0 radical (unpaired) electrons. The predicted molar refractivity (Wildman–Crippen MR) is 126 cm³/mol. The highest BCUT2D eigenvalue weighted by molar-refractivity contribution is 6.31. The van der Waals surface area contributed by atoms with Crippen molar-refractivity contribution < 1.29 is 19.6 Å². The molecule has 4 aromatic carbocycles. The third-order valence-electron chi connectivity index (χ3n) is 5.10. The number of hydrogen-bond donors (Lipinski definition) is 2. The van der Waals surface area contributed by atoms with Crippen molar-refractivity contribution in [3.63, 3.8) is 0 Å². The number of nitro benzene ring substituents is 1. The maximum Gasteiger partial charge on any atom is 0.312 e. The molecule has 0 bridgehead atoms. The van der Waals surface area contributed by atoms with E-state index in [2.05, 4.69) is 9.98 Å². The summed E-state index contributed by atoms with van der Waals surface area (Å²) < 4.78 is 5.82. The number of phenolic OH excluding ortho intramolecular Hbond substituents is 2. The third-order valence-corrected chi connectivity index (χ3v) is 5.32. The number of phenols is 2. The van der Waals surface area contributed by atoms with Crippen LogP contribution < -0.4 is 0 Å². The molecular weight excluding hydrogens is 446 g/mol. The molecule has 0 spiro atoms. The Morgan fingerprint density at radius 1 is 1.03 bits per heavy atom. The van der Waals surface area contributed by atoms with Gasteiger partial charge in [-0.25, -0.2) is 4.98 Å². The molecule has 162 valence electrons. The summed E-state index contributed by atoms with van der Waals surface area (Å²) in [6, 6.07) is 18.6. The topological polar surface area (TPSA) is 122 Å². The highest BCUT2D eigenvalue weighted by atomic mass is 35.5. The van der Waals surface area contributed by atoms with E-state index in [1.807, 2.05) is 30.3 Å². The van der Waals surface area contributed by atoms with Crippen LogP contribution in [-0.2, 0) is 0 Å². The van der Waals surface area contributed by atoms with E-state index >= 15 is 0 Å². The Morgan fingerprint density at radius 3 is 2.55 bits per heavy atom. The van der Waals surface area contributed by atoms with Crippen LogP contribution in [0.15, 0.2) is 76.1 Å². The minimum absolute atomic E-state index is 0.0523. The van der Waals surface area contributed by atoms with Crippen molar-refractivity contribution in [1.29, 1.82) is 0 Å². The fourth-order valence-corrected chi connectivity index (χ4v) is 3.72. The van der Waals surface area contributed by atoms with Gasteiger partial charge in [0.15, 0.2) is 5.58 Å². The second-order valence-electron chi connectivity index (χ2n) is 7.27. The zero-order valence-corrected chi connectivity index (χ0v) is 17.5. The number of aliphatic imine (C=N–C) groups is 1. The number of aromatic hydroxyl groups is 2. The number of rotatable bonds is 4. The van der Waals surface area contributed by atoms with Gasteiger partial charge in [0.25, 0.3) is 0 Å². The molecule has 1 heterocycles. The van der Waals surface area contributed by atoms with Crippen molar-refractivity contribution in [2.75, 3.05) is 0 Å². The standard InChI is InChI=1S/C24H14ClN3O5/c25-16-7-15(23(30)20(10-16)28(31)32)12-26-17-5-6-22-19(11-17)27-24(33-22)18-8-13-3-1-2-4-14(13)9-21(18)29/h1-12,29-30H. The molecule has 0 aliphatic heterocycles. The summed E-state index contributed by atoms with van der Waals surface area (Å²) in [5.74, 6) is -0.209. The van der Waals surface area contributed by atoms with Crippen LogP contribution in [0.5, 0.6) is 11.5 Å². The van der Waals surface area contributed by atoms with Gasteiger partial charge in [-0.3, -0.25) is 15.1 Å². The van der Waals surface area contributed by atoms with E-state index in [4.69, 9.17) is 16.0 Å². The molecule has 2 N–H and O–H groups in total. The van der Waals surface area contributed by atoms with Crippen molar-refractivity contribution in [2.45, 2.75) is 0 Å². The third kappa shape index (κ3) is 3.83. The molecule has 0 saturated heterocycles. The number of halogens is 1. The SMILES string of the molecule is O=[N+]([O-])c1cc(Cl)cc(C=Nc2ccc3oc(-c4cc5ccccc5cc4O)nc3c2)c1O. The minimum Gasteiger partial charge on any atom is -0.507 e. The molecule has 9 heteroatoms. The molecule has 8 nitrogen and oxygen atoms in total. The van der Waals surface area contributed by atoms with Gasteiger partial charge in [0.2, 0.25) is 11.6 Å². The van der Waals surface area contributed by atoms with E-state index in [0.29, 0.717) is 22.4 Å². The summed E-state index contributed by atoms with van der Waals surface area (Å²) in [6.07, 6.45) is 1.28. The lowest BCUT2D eigenvalue weighted by Gasteiger charge is -2.03. The molecule has 1 aromatic heterocycles. The van der Waals surface area contributed by atoms with Crippen LogP contribution in [0.1, 0.15) is 5.56 Å². The van der Waals surface area contributed by atoms with Crippen LogP contribution in [0, 0.1) is 10.1 Å². The first-order valence-electron chi connectivity index (χ1n) is 9.73. The molecule has 0 saturated carbocycles. The summed E-state index contributed by atoms with van der Waals surface area (Å²) >= 11 is 5.92. The molecule has 0 aliphatic rings. The van der Waals surface area contributed by atoms with Gasteiger partial charge in [-0.15, -0.1) is 0 Å². The lowest BCUT2D eigenvalue weighted by atomic mass is 10.1. The van der Waals surface area contributed by atoms with Crippen LogP contribution in [0.4, 0.5) is 11.4 Å². The quantitative estimate of drug-likeness (QED) is 0.183. The molecule has 0 amide bonds. The molecule has 0 unspecified atom stereocenters. The summed E-state index contributed by atoms with van der Waals surface area (Å²) in [5, 5.41) is 33.6. The fourth-order valence-electron chi connectivity index (χ4n) is 3.50. The maximum atomic E-state index is 11.1. The summed E-state index contributed by atoms with van der Waals surface area (Å²) in [5.41, 5.74) is 1.55. The summed E-state index contributed by atoms with van der Waals surface area (Å²) in [6.45, 7) is 0. The lowest BCUT2D eigenvalue weighted by molar-refractivity contribution is -0.385. The van der Waals surface area contributed by atoms with Crippen LogP contribution >= 0.6 is 11.6 Å². The largest absolute Gasteiger partial charge is 0.507 e. The van der Waals surface area contributed by atoms with Crippen LogP contribution in [0.25, 0.3) is 33.3 Å². The van der Waals surface area contributed by atoms with Crippen molar-refractivity contribution in [2.24, 2.45) is 4.99 Å². The van der Waals surface area contributed by atoms with Crippen LogP contribution in [0.3, 0.4) is 0 Å². The number of hydrogen-bond acceptors (Lipinski definition) is 7. The van der Waals surface area contributed by atoms with E-state index in [-0.39, 0.29) is 22.2 Å². The van der Waals surface area contributed by atoms with Crippen molar-refractivity contribution >= 4 is 51.1 Å². The van der Waals surface area contributed by atoms with Crippen LogP contribution in [0.2, 0.25) is 5.02 Å². The van der Waals surface area contributed by atoms with Gasteiger partial charge in [0.1, 0.15) is 11.3 Å². The number of fused-ring (bicyclic) bond motifs is 2. The van der Waals surface area contributed by atoms with Crippen molar-refractivity contribution in [3.8, 4) is 23.0 Å². The zero-order chi connectivity index (χ0) is 23.1. The highest BCUT2D eigenvalue weighted by Gasteiger charge is 2.18. The van der Waals surface area contributed by atoms with Crippen LogP contribution in [-0.4, -0.2) is 26.3 Å². The highest BCUT2D eigenvalue weighted by Crippen LogP contribution is 2.36. The van der Waals surface area contributed by atoms with Gasteiger partial charge >= 0.3 is 5.69 Å². The molecule has 5 aromatic rings. The second-order valence-corrected chi connectivity index (χ2v) is 7.70. The van der Waals surface area contributed by atoms with Gasteiger partial charge in [-0.05, 0) is 47.2 Å². The molecule has 5 rings (SSSR count). The van der Waals surface area contributed by atoms with Crippen molar-refractivity contribution in [1.82, 2.24) is 4.98 Å². The van der Waals surface area contributed by atoms with Gasteiger partial charge < -0.3 is 14.6 Å². The van der Waals surface area contributed by atoms with E-state index in [9.17, 15) is 20.3 Å². The van der Waals surface area contributed by atoms with E-state index in [0.717, 1.165) is 16.8 Å². The first kappa shape index (κ1) is 20.5. The second kappa shape index (κ2) is 7.92. The average molecular weight is 460 g/mol. The zero-order valence-electron chi connectivity index (χ0n) is 16.8. The lowest BCUT2D eigenvalue weighted by Crippen LogP contribution is -1.92. The first-order chi connectivity index (χ1) is 15.9. The molecular formula is C24H14ClN3O5. The molecule has 0 aliphatic carbocycles. The normalized spacial score (nSPS) is 11.5. The molecule has 33 heavy (non-hydrogen) atoms. The smallest absolute Gasteiger partial charge is 0.312 e. The summed E-state index contributed by atoms with van der Waals surface area (Å²) in [7, 11) is 0. The Kier molecular flexibility index (Phi) is 4.91. The van der Waals surface area contributed by atoms with E-state index in [1.165, 1.54) is 12.3 Å².